The summed E-state index contributed by atoms with van der Waals surface area (Å²) in [6.07, 6.45) is 1.03. The van der Waals surface area contributed by atoms with E-state index in [0.29, 0.717) is 0 Å². The van der Waals surface area contributed by atoms with Gasteiger partial charge in [0, 0.05) is 11.0 Å². The summed E-state index contributed by atoms with van der Waals surface area (Å²) in [5.41, 5.74) is 3.34. The van der Waals surface area contributed by atoms with E-state index < -0.39 is 0 Å². The summed E-state index contributed by atoms with van der Waals surface area (Å²) in [7, 11) is 0. The number of halogens is 1. The van der Waals surface area contributed by atoms with Crippen molar-refractivity contribution in [2.45, 2.75) is 13.0 Å². The van der Waals surface area contributed by atoms with Crippen LogP contribution in [0.1, 0.15) is 16.7 Å². The lowest BCUT2D eigenvalue weighted by atomic mass is 9.99. The Morgan fingerprint density at radius 1 is 1.38 bits per heavy atom. The van der Waals surface area contributed by atoms with Gasteiger partial charge < -0.3 is 5.32 Å². The summed E-state index contributed by atoms with van der Waals surface area (Å²) in [5.74, 6) is 0. The molecule has 0 fully saturated rings. The van der Waals surface area contributed by atoms with E-state index in [0.717, 1.165) is 29.5 Å². The van der Waals surface area contributed by atoms with Crippen LogP contribution in [-0.2, 0) is 13.0 Å². The van der Waals surface area contributed by atoms with Gasteiger partial charge in [0.1, 0.15) is 6.07 Å². The largest absolute Gasteiger partial charge is 0.312 e. The molecule has 0 bridgehead atoms. The quantitative estimate of drug-likeness (QED) is 0.748. The van der Waals surface area contributed by atoms with Crippen LogP contribution in [0.2, 0.25) is 0 Å². The lowest BCUT2D eigenvalue weighted by Crippen LogP contribution is -2.23. The van der Waals surface area contributed by atoms with Crippen molar-refractivity contribution in [2.75, 3.05) is 6.54 Å². The molecule has 0 atom stereocenters. The lowest BCUT2D eigenvalue weighted by Gasteiger charge is -2.17. The molecular weight excluding hydrogens is 228 g/mol. The number of rotatable bonds is 0. The molecule has 66 valence electrons. The van der Waals surface area contributed by atoms with Crippen LogP contribution in [0.15, 0.2) is 16.6 Å². The van der Waals surface area contributed by atoms with Gasteiger partial charge >= 0.3 is 0 Å². The second-order valence-corrected chi connectivity index (χ2v) is 3.99. The zero-order valence-electron chi connectivity index (χ0n) is 7.10. The van der Waals surface area contributed by atoms with Gasteiger partial charge in [0.2, 0.25) is 0 Å². The molecule has 1 aromatic rings. The second-order valence-electron chi connectivity index (χ2n) is 3.14. The van der Waals surface area contributed by atoms with E-state index >= 15 is 0 Å². The summed E-state index contributed by atoms with van der Waals surface area (Å²) < 4.78 is 0.900. The predicted molar refractivity (Wildman–Crippen MR) is 54.3 cm³/mol. The molecule has 2 nitrogen and oxygen atoms in total. The van der Waals surface area contributed by atoms with E-state index in [2.05, 4.69) is 27.3 Å². The van der Waals surface area contributed by atoms with Crippen LogP contribution in [0.4, 0.5) is 0 Å². The second kappa shape index (κ2) is 3.49. The van der Waals surface area contributed by atoms with Crippen LogP contribution >= 0.6 is 15.9 Å². The molecule has 1 N–H and O–H groups in total. The molecule has 0 spiro atoms. The molecule has 0 radical (unpaired) electrons. The molecule has 0 amide bonds. The van der Waals surface area contributed by atoms with Gasteiger partial charge in [-0.05, 0) is 52.2 Å². The number of nitrogens with one attached hydrogen (secondary N) is 1. The van der Waals surface area contributed by atoms with Gasteiger partial charge in [-0.15, -0.1) is 0 Å². The number of fused-ring (bicyclic) bond motifs is 1. The highest BCUT2D eigenvalue weighted by Crippen LogP contribution is 2.23. The maximum Gasteiger partial charge on any atom is 0.100 e. The molecule has 0 saturated heterocycles. The van der Waals surface area contributed by atoms with Gasteiger partial charge in [0.15, 0.2) is 0 Å². The minimum atomic E-state index is 0.737. The Labute approximate surface area is 85.7 Å². The van der Waals surface area contributed by atoms with Crippen molar-refractivity contribution in [1.29, 1.82) is 5.26 Å². The topological polar surface area (TPSA) is 35.8 Å². The average Bonchev–Trinajstić information content (AvgIpc) is 2.17. The molecule has 1 aromatic carbocycles. The van der Waals surface area contributed by atoms with Crippen molar-refractivity contribution in [3.8, 4) is 6.07 Å². The molecule has 0 saturated carbocycles. The number of hydrogen-bond acceptors (Lipinski definition) is 2. The third-order valence-corrected chi connectivity index (χ3v) is 2.95. The minimum absolute atomic E-state index is 0.737. The molecule has 1 aliphatic heterocycles. The fourth-order valence-corrected chi connectivity index (χ4v) is 2.07. The van der Waals surface area contributed by atoms with Crippen molar-refractivity contribution in [2.24, 2.45) is 0 Å². The predicted octanol–water partition coefficient (Wildman–Crippen LogP) is 1.97. The molecule has 13 heavy (non-hydrogen) atoms. The van der Waals surface area contributed by atoms with Crippen LogP contribution in [0.3, 0.4) is 0 Å². The van der Waals surface area contributed by atoms with Crippen LogP contribution in [0.5, 0.6) is 0 Å². The Kier molecular flexibility index (Phi) is 2.34. The van der Waals surface area contributed by atoms with Crippen molar-refractivity contribution in [3.05, 3.63) is 33.3 Å². The minimum Gasteiger partial charge on any atom is -0.312 e. The first-order valence-corrected chi connectivity index (χ1v) is 5.02. The normalized spacial score (nSPS) is 14.8. The molecule has 0 aromatic heterocycles. The molecule has 1 aliphatic rings. The average molecular weight is 237 g/mol. The van der Waals surface area contributed by atoms with Gasteiger partial charge in [-0.3, -0.25) is 0 Å². The summed E-state index contributed by atoms with van der Waals surface area (Å²) in [6, 6.07) is 6.21. The van der Waals surface area contributed by atoms with Gasteiger partial charge in [-0.1, -0.05) is 0 Å². The third-order valence-electron chi connectivity index (χ3n) is 2.30. The summed E-state index contributed by atoms with van der Waals surface area (Å²) in [6.45, 7) is 1.93. The monoisotopic (exact) mass is 236 g/mol. The summed E-state index contributed by atoms with van der Waals surface area (Å²) in [4.78, 5) is 0. The first-order chi connectivity index (χ1) is 6.31. The highest BCUT2D eigenvalue weighted by Gasteiger charge is 2.11. The van der Waals surface area contributed by atoms with Gasteiger partial charge in [-0.25, -0.2) is 0 Å². The highest BCUT2D eigenvalue weighted by molar-refractivity contribution is 9.10. The van der Waals surface area contributed by atoms with Crippen molar-refractivity contribution in [3.63, 3.8) is 0 Å². The maximum atomic E-state index is 8.82. The SMILES string of the molecule is N#Cc1cc2c(cc1Br)CNCC2. The third kappa shape index (κ3) is 1.60. The zero-order valence-corrected chi connectivity index (χ0v) is 8.69. The van der Waals surface area contributed by atoms with Crippen LogP contribution in [-0.4, -0.2) is 6.54 Å². The first kappa shape index (κ1) is 8.74. The van der Waals surface area contributed by atoms with Crippen LogP contribution in [0, 0.1) is 11.3 Å². The number of hydrogen-bond donors (Lipinski definition) is 1. The summed E-state index contributed by atoms with van der Waals surface area (Å²) in [5, 5.41) is 12.1. The van der Waals surface area contributed by atoms with E-state index in [4.69, 9.17) is 5.26 Å². The van der Waals surface area contributed by atoms with E-state index in [1.54, 1.807) is 0 Å². The summed E-state index contributed by atoms with van der Waals surface area (Å²) >= 11 is 3.39. The van der Waals surface area contributed by atoms with E-state index in [1.807, 2.05) is 12.1 Å². The molecule has 0 aliphatic carbocycles. The van der Waals surface area contributed by atoms with Crippen LogP contribution < -0.4 is 5.32 Å². The number of benzene rings is 1. The fourth-order valence-electron chi connectivity index (χ4n) is 1.59. The van der Waals surface area contributed by atoms with Crippen LogP contribution in [0.25, 0.3) is 0 Å². The number of nitriles is 1. The van der Waals surface area contributed by atoms with Gasteiger partial charge in [-0.2, -0.15) is 5.26 Å². The Morgan fingerprint density at radius 2 is 2.23 bits per heavy atom. The highest BCUT2D eigenvalue weighted by atomic mass is 79.9. The van der Waals surface area contributed by atoms with Crippen molar-refractivity contribution >= 4 is 15.9 Å². The Bertz CT molecular complexity index is 379. The van der Waals surface area contributed by atoms with E-state index in [1.165, 1.54) is 11.1 Å². The standard InChI is InChI=1S/C10H9BrN2/c11-10-4-9-6-13-2-1-7(9)3-8(10)5-12/h3-4,13H,1-2,6H2. The molecular formula is C10H9BrN2. The smallest absolute Gasteiger partial charge is 0.100 e. The van der Waals surface area contributed by atoms with Gasteiger partial charge in [0.25, 0.3) is 0 Å². The Morgan fingerprint density at radius 3 is 3.00 bits per heavy atom. The Balaban J connectivity index is 2.52. The van der Waals surface area contributed by atoms with E-state index in [-0.39, 0.29) is 0 Å². The fraction of sp³-hybridized carbons (Fsp3) is 0.300. The van der Waals surface area contributed by atoms with Crippen molar-refractivity contribution < 1.29 is 0 Å². The first-order valence-electron chi connectivity index (χ1n) is 4.23. The molecule has 3 heteroatoms. The lowest BCUT2D eigenvalue weighted by molar-refractivity contribution is 0.643. The zero-order chi connectivity index (χ0) is 9.26. The molecule has 0 unspecified atom stereocenters. The van der Waals surface area contributed by atoms with Gasteiger partial charge in [0.05, 0.1) is 5.56 Å². The molecule has 1 heterocycles. The van der Waals surface area contributed by atoms with E-state index in [9.17, 15) is 0 Å². The molecule has 2 rings (SSSR count). The maximum absolute atomic E-state index is 8.82. The number of nitrogens with zero attached hydrogens (tertiary/aromatic N) is 1. The van der Waals surface area contributed by atoms with Crippen molar-refractivity contribution in [1.82, 2.24) is 5.32 Å². The Hall–Kier alpha value is -0.850.